The molecule has 3 nitrogen and oxygen atoms in total. The highest BCUT2D eigenvalue weighted by atomic mass is 32.1. The van der Waals surface area contributed by atoms with Crippen molar-refractivity contribution in [3.63, 3.8) is 0 Å². The minimum atomic E-state index is -0.237. The molecule has 0 fully saturated rings. The van der Waals surface area contributed by atoms with E-state index in [9.17, 15) is 4.79 Å². The number of rotatable bonds is 5. The van der Waals surface area contributed by atoms with Gasteiger partial charge in [-0.05, 0) is 17.0 Å². The number of carbonyl (C=O) groups excluding carboxylic acids is 1. The van der Waals surface area contributed by atoms with Gasteiger partial charge in [0, 0.05) is 24.4 Å². The topological polar surface area (TPSA) is 46.3 Å². The molecule has 1 aromatic carbocycles. The summed E-state index contributed by atoms with van der Waals surface area (Å²) in [4.78, 5) is 15.0. The van der Waals surface area contributed by atoms with E-state index in [1.165, 1.54) is 4.88 Å². The molecular formula is C15H18N2OS. The molecule has 0 saturated heterocycles. The summed E-state index contributed by atoms with van der Waals surface area (Å²) in [5.41, 5.74) is 7.06. The number of carbonyl (C=O) groups is 1. The van der Waals surface area contributed by atoms with Gasteiger partial charge in [-0.3, -0.25) is 4.79 Å². The molecule has 4 heteroatoms. The first-order valence-electron chi connectivity index (χ1n) is 6.23. The minimum absolute atomic E-state index is 0.0738. The lowest BCUT2D eigenvalue weighted by molar-refractivity contribution is -0.130. The Labute approximate surface area is 117 Å². The minimum Gasteiger partial charge on any atom is -0.341 e. The summed E-state index contributed by atoms with van der Waals surface area (Å²) < 4.78 is 0. The molecule has 0 radical (unpaired) electrons. The molecule has 0 bridgehead atoms. The quantitative estimate of drug-likeness (QED) is 0.911. The van der Waals surface area contributed by atoms with Crippen LogP contribution < -0.4 is 5.73 Å². The molecule has 2 N–H and O–H groups in total. The average molecular weight is 274 g/mol. The van der Waals surface area contributed by atoms with E-state index in [1.54, 1.807) is 16.2 Å². The monoisotopic (exact) mass is 274 g/mol. The standard InChI is InChI=1S/C15H18N2OS/c1-17(11-13-8-5-9-19-13)15(18)10-14(16)12-6-3-2-4-7-12/h2-9,14H,10-11,16H2,1H3. The van der Waals surface area contributed by atoms with Gasteiger partial charge in [0.05, 0.1) is 6.54 Å². The molecule has 1 aromatic heterocycles. The van der Waals surface area contributed by atoms with Crippen molar-refractivity contribution in [3.05, 3.63) is 58.3 Å². The number of nitrogens with zero attached hydrogens (tertiary/aromatic N) is 1. The van der Waals surface area contributed by atoms with Crippen molar-refractivity contribution in [1.82, 2.24) is 4.90 Å². The van der Waals surface area contributed by atoms with Crippen LogP contribution in [0.1, 0.15) is 22.9 Å². The maximum atomic E-state index is 12.1. The molecule has 0 aliphatic rings. The number of nitrogens with two attached hydrogens (primary N) is 1. The van der Waals surface area contributed by atoms with Crippen LogP contribution in [-0.2, 0) is 11.3 Å². The van der Waals surface area contributed by atoms with E-state index in [1.807, 2.05) is 54.9 Å². The van der Waals surface area contributed by atoms with Gasteiger partial charge in [0.25, 0.3) is 0 Å². The Morgan fingerprint density at radius 3 is 2.63 bits per heavy atom. The number of hydrogen-bond acceptors (Lipinski definition) is 3. The molecule has 0 aliphatic carbocycles. The lowest BCUT2D eigenvalue weighted by Gasteiger charge is -2.19. The molecule has 0 saturated carbocycles. The Bertz CT molecular complexity index is 510. The molecular weight excluding hydrogens is 256 g/mol. The van der Waals surface area contributed by atoms with Crippen LogP contribution in [-0.4, -0.2) is 17.9 Å². The van der Waals surface area contributed by atoms with E-state index in [4.69, 9.17) is 5.73 Å². The van der Waals surface area contributed by atoms with Gasteiger partial charge in [0.15, 0.2) is 0 Å². The fourth-order valence-electron chi connectivity index (χ4n) is 1.89. The summed E-state index contributed by atoms with van der Waals surface area (Å²) in [6.45, 7) is 0.651. The van der Waals surface area contributed by atoms with E-state index in [2.05, 4.69) is 0 Å². The molecule has 1 unspecified atom stereocenters. The molecule has 0 aliphatic heterocycles. The van der Waals surface area contributed by atoms with Gasteiger partial charge < -0.3 is 10.6 Å². The Morgan fingerprint density at radius 1 is 1.26 bits per heavy atom. The van der Waals surface area contributed by atoms with Gasteiger partial charge in [-0.1, -0.05) is 36.4 Å². The summed E-state index contributed by atoms with van der Waals surface area (Å²) >= 11 is 1.66. The molecule has 1 heterocycles. The molecule has 0 spiro atoms. The summed E-state index contributed by atoms with van der Waals surface area (Å²) in [5.74, 6) is 0.0738. The Morgan fingerprint density at radius 2 is 2.00 bits per heavy atom. The van der Waals surface area contributed by atoms with Crippen molar-refractivity contribution in [2.75, 3.05) is 7.05 Å². The highest BCUT2D eigenvalue weighted by Crippen LogP contribution is 2.16. The molecule has 1 atom stereocenters. The number of thiophene rings is 1. The SMILES string of the molecule is CN(Cc1cccs1)C(=O)CC(N)c1ccccc1. The molecule has 2 aromatic rings. The van der Waals surface area contributed by atoms with Crippen LogP contribution in [0, 0.1) is 0 Å². The Balaban J connectivity index is 1.90. The largest absolute Gasteiger partial charge is 0.341 e. The van der Waals surface area contributed by atoms with Crippen molar-refractivity contribution in [3.8, 4) is 0 Å². The second-order valence-corrected chi connectivity index (χ2v) is 5.58. The van der Waals surface area contributed by atoms with E-state index in [0.717, 1.165) is 5.56 Å². The second-order valence-electron chi connectivity index (χ2n) is 4.55. The molecule has 19 heavy (non-hydrogen) atoms. The predicted molar refractivity (Wildman–Crippen MR) is 78.8 cm³/mol. The van der Waals surface area contributed by atoms with E-state index >= 15 is 0 Å². The lowest BCUT2D eigenvalue weighted by atomic mass is 10.0. The van der Waals surface area contributed by atoms with Crippen LogP contribution in [0.3, 0.4) is 0 Å². The van der Waals surface area contributed by atoms with Crippen molar-refractivity contribution < 1.29 is 4.79 Å². The fourth-order valence-corrected chi connectivity index (χ4v) is 2.64. The van der Waals surface area contributed by atoms with Crippen molar-refractivity contribution in [2.24, 2.45) is 5.73 Å². The number of benzene rings is 1. The van der Waals surface area contributed by atoms with Gasteiger partial charge in [-0.25, -0.2) is 0 Å². The highest BCUT2D eigenvalue weighted by molar-refractivity contribution is 7.09. The van der Waals surface area contributed by atoms with E-state index in [0.29, 0.717) is 13.0 Å². The van der Waals surface area contributed by atoms with Crippen LogP contribution in [0.4, 0.5) is 0 Å². The van der Waals surface area contributed by atoms with Gasteiger partial charge in [0.2, 0.25) is 5.91 Å². The summed E-state index contributed by atoms with van der Waals surface area (Å²) in [6.07, 6.45) is 0.339. The summed E-state index contributed by atoms with van der Waals surface area (Å²) in [5, 5.41) is 2.02. The first-order valence-corrected chi connectivity index (χ1v) is 7.11. The average Bonchev–Trinajstić information content (AvgIpc) is 2.92. The zero-order chi connectivity index (χ0) is 13.7. The van der Waals surface area contributed by atoms with E-state index in [-0.39, 0.29) is 11.9 Å². The lowest BCUT2D eigenvalue weighted by Crippen LogP contribution is -2.29. The van der Waals surface area contributed by atoms with Crippen molar-refractivity contribution in [1.29, 1.82) is 0 Å². The third-order valence-corrected chi connectivity index (χ3v) is 3.88. The normalized spacial score (nSPS) is 12.1. The maximum Gasteiger partial charge on any atom is 0.224 e. The first-order chi connectivity index (χ1) is 9.16. The second kappa shape index (κ2) is 6.50. The fraction of sp³-hybridized carbons (Fsp3) is 0.267. The highest BCUT2D eigenvalue weighted by Gasteiger charge is 2.15. The van der Waals surface area contributed by atoms with E-state index < -0.39 is 0 Å². The van der Waals surface area contributed by atoms with Crippen LogP contribution >= 0.6 is 11.3 Å². The third kappa shape index (κ3) is 3.91. The van der Waals surface area contributed by atoms with Crippen LogP contribution in [0.25, 0.3) is 0 Å². The third-order valence-electron chi connectivity index (χ3n) is 3.02. The molecule has 1 amide bonds. The number of amides is 1. The van der Waals surface area contributed by atoms with Gasteiger partial charge in [0.1, 0.15) is 0 Å². The summed E-state index contributed by atoms with van der Waals surface area (Å²) in [7, 11) is 1.82. The smallest absolute Gasteiger partial charge is 0.224 e. The molecule has 2 rings (SSSR count). The zero-order valence-electron chi connectivity index (χ0n) is 11.0. The van der Waals surface area contributed by atoms with Crippen LogP contribution in [0.5, 0.6) is 0 Å². The van der Waals surface area contributed by atoms with Crippen LogP contribution in [0.15, 0.2) is 47.8 Å². The first kappa shape index (κ1) is 13.8. The number of hydrogen-bond donors (Lipinski definition) is 1. The summed E-state index contributed by atoms with van der Waals surface area (Å²) in [6, 6.07) is 13.5. The van der Waals surface area contributed by atoms with Gasteiger partial charge in [-0.15, -0.1) is 11.3 Å². The Hall–Kier alpha value is -1.65. The van der Waals surface area contributed by atoms with Gasteiger partial charge in [-0.2, -0.15) is 0 Å². The zero-order valence-corrected chi connectivity index (χ0v) is 11.8. The maximum absolute atomic E-state index is 12.1. The van der Waals surface area contributed by atoms with Crippen molar-refractivity contribution >= 4 is 17.2 Å². The molecule has 100 valence electrons. The predicted octanol–water partition coefficient (Wildman–Crippen LogP) is 2.80. The van der Waals surface area contributed by atoms with Crippen molar-refractivity contribution in [2.45, 2.75) is 19.0 Å². The Kier molecular flexibility index (Phi) is 4.71. The van der Waals surface area contributed by atoms with Crippen LogP contribution in [0.2, 0.25) is 0 Å². The van der Waals surface area contributed by atoms with Gasteiger partial charge >= 0.3 is 0 Å².